The van der Waals surface area contributed by atoms with Crippen molar-refractivity contribution in [2.24, 2.45) is 35.0 Å². The Morgan fingerprint density at radius 2 is 1.88 bits per heavy atom. The Hall–Kier alpha value is -1.23. The molecule has 13 atom stereocenters. The lowest BCUT2D eigenvalue weighted by Crippen LogP contribution is -2.66. The number of carbonyl (C=O) groups excluding carboxylic acids is 1. The van der Waals surface area contributed by atoms with Gasteiger partial charge in [-0.25, -0.2) is 0 Å². The molecule has 13 nitrogen and oxygen atoms in total. The van der Waals surface area contributed by atoms with Gasteiger partial charge in [-0.2, -0.15) is 0 Å². The number of nitrogens with one attached hydrogen (secondary N) is 3. The Morgan fingerprint density at radius 3 is 2.53 bits per heavy atom. The van der Waals surface area contributed by atoms with Gasteiger partial charge in [-0.1, -0.05) is 11.6 Å². The molecule has 1 amide bonds. The van der Waals surface area contributed by atoms with Gasteiger partial charge in [0.15, 0.2) is 0 Å². The van der Waals surface area contributed by atoms with Gasteiger partial charge < -0.3 is 63.4 Å². The summed E-state index contributed by atoms with van der Waals surface area (Å²) in [5.41, 5.74) is 18.8. The van der Waals surface area contributed by atoms with Crippen LogP contribution in [0, 0.1) is 17.8 Å². The number of hydrogen-bond donors (Lipinski definition) is 11. The molecule has 0 aromatic carbocycles. The molecule has 1 heterocycles. The molecular weight excluding hydrogens is 556 g/mol. The number of ether oxygens (including phenoxy) is 1. The van der Waals surface area contributed by atoms with E-state index >= 15 is 0 Å². The predicted octanol–water partition coefficient (Wildman–Crippen LogP) is -2.59. The number of amides is 1. The number of hydrogen-bond acceptors (Lipinski definition) is 12. The van der Waals surface area contributed by atoms with Crippen molar-refractivity contribution >= 4 is 5.91 Å². The molecule has 2 fully saturated rings. The minimum absolute atomic E-state index is 0.00341. The number of carbonyl (C=O) groups is 1. The van der Waals surface area contributed by atoms with Crippen molar-refractivity contribution < 1.29 is 35.1 Å². The van der Waals surface area contributed by atoms with Crippen LogP contribution in [0.25, 0.3) is 0 Å². The zero-order chi connectivity index (χ0) is 31.9. The van der Waals surface area contributed by atoms with Crippen molar-refractivity contribution in [1.29, 1.82) is 0 Å². The van der Waals surface area contributed by atoms with Crippen LogP contribution in [0.3, 0.4) is 0 Å². The molecule has 3 rings (SSSR count). The second kappa shape index (κ2) is 16.4. The Morgan fingerprint density at radius 1 is 1.16 bits per heavy atom. The molecular formula is C30H58N6O7. The molecule has 14 N–H and O–H groups in total. The minimum Gasteiger partial charge on any atom is -0.392 e. The van der Waals surface area contributed by atoms with Crippen LogP contribution in [0.2, 0.25) is 0 Å². The molecule has 0 radical (unpaired) electrons. The van der Waals surface area contributed by atoms with E-state index in [-0.39, 0.29) is 43.9 Å². The van der Waals surface area contributed by atoms with E-state index in [1.807, 2.05) is 0 Å². The largest absolute Gasteiger partial charge is 0.392 e. The van der Waals surface area contributed by atoms with Crippen LogP contribution in [-0.4, -0.2) is 125 Å². The normalized spacial score (nSPS) is 40.3. The van der Waals surface area contributed by atoms with Crippen molar-refractivity contribution in [3.8, 4) is 0 Å². The van der Waals surface area contributed by atoms with Gasteiger partial charge in [0.25, 0.3) is 0 Å². The zero-order valence-corrected chi connectivity index (χ0v) is 26.1. The van der Waals surface area contributed by atoms with Gasteiger partial charge in [0.2, 0.25) is 5.91 Å². The Labute approximate surface area is 256 Å². The summed E-state index contributed by atoms with van der Waals surface area (Å²) >= 11 is 0. The third kappa shape index (κ3) is 9.63. The molecule has 0 spiro atoms. The Kier molecular flexibility index (Phi) is 13.8. The van der Waals surface area contributed by atoms with Crippen molar-refractivity contribution in [3.63, 3.8) is 0 Å². The molecule has 2 unspecified atom stereocenters. The van der Waals surface area contributed by atoms with Gasteiger partial charge in [0.05, 0.1) is 37.1 Å². The summed E-state index contributed by atoms with van der Waals surface area (Å²) in [7, 11) is 1.66. The maximum absolute atomic E-state index is 12.8. The maximum atomic E-state index is 12.8. The van der Waals surface area contributed by atoms with Gasteiger partial charge in [-0.3, -0.25) is 4.79 Å². The van der Waals surface area contributed by atoms with Crippen molar-refractivity contribution in [2.75, 3.05) is 33.3 Å². The first-order valence-corrected chi connectivity index (χ1v) is 15.9. The van der Waals surface area contributed by atoms with Crippen molar-refractivity contribution in [2.45, 2.75) is 119 Å². The highest BCUT2D eigenvalue weighted by molar-refractivity contribution is 5.80. The highest BCUT2D eigenvalue weighted by atomic mass is 16.5. The van der Waals surface area contributed by atoms with Crippen molar-refractivity contribution in [3.05, 3.63) is 11.6 Å². The van der Waals surface area contributed by atoms with E-state index in [2.05, 4.69) is 22.0 Å². The summed E-state index contributed by atoms with van der Waals surface area (Å²) in [4.78, 5) is 12.8. The number of rotatable bonds is 13. The lowest BCUT2D eigenvalue weighted by molar-refractivity contribution is -0.191. The minimum atomic E-state index is -1.28. The first-order valence-electron chi connectivity index (χ1n) is 15.9. The molecule has 3 aliphatic rings. The van der Waals surface area contributed by atoms with E-state index in [1.165, 1.54) is 5.57 Å². The van der Waals surface area contributed by atoms with Crippen LogP contribution < -0.4 is 33.2 Å². The summed E-state index contributed by atoms with van der Waals surface area (Å²) in [5.74, 6) is -1.29. The van der Waals surface area contributed by atoms with E-state index in [1.54, 1.807) is 20.9 Å². The zero-order valence-electron chi connectivity index (χ0n) is 26.1. The molecule has 1 saturated carbocycles. The summed E-state index contributed by atoms with van der Waals surface area (Å²) in [5, 5.41) is 62.7. The van der Waals surface area contributed by atoms with Gasteiger partial charge in [-0.05, 0) is 78.3 Å². The standard InChI is InChI=1S/C30H58N6O7/c1-16(37)13-35-14-17-4-6-18(21(32)7-5-17)10-19-22(33)12-23(36-29(41)24(38)8-9-31)20(26(19)39)11-25-27(40)28(34-3)30(2,42)15-43-25/h5,16,18-28,34-35,37-40,42H,4,6-15,31-33H2,1-3H3,(H,36,41)/t16?,18-,19-,20+,21-,22+,23-,24-,25?,26+,27+,28-,30+/m1/s1. The van der Waals surface area contributed by atoms with Crippen LogP contribution >= 0.6 is 0 Å². The molecule has 250 valence electrons. The Balaban J connectivity index is 1.75. The lowest BCUT2D eigenvalue weighted by Gasteiger charge is -2.49. The van der Waals surface area contributed by atoms with Gasteiger partial charge >= 0.3 is 0 Å². The fourth-order valence-corrected chi connectivity index (χ4v) is 7.23. The van der Waals surface area contributed by atoms with E-state index in [9.17, 15) is 30.3 Å². The SMILES string of the molecule is CN[C@@H]1[C@@H](O)C(C[C@@H]2[C@@H](O)[C@H](C[C@H]3CCC(CNCC(C)O)=CC[C@H]3N)[C@@H](N)C[C@H]2NC(=O)[C@H](O)CCN)OC[C@]1(C)O. The summed E-state index contributed by atoms with van der Waals surface area (Å²) in [6.07, 6.45) is 1.51. The number of aliphatic hydroxyl groups excluding tert-OH is 4. The van der Waals surface area contributed by atoms with E-state index in [4.69, 9.17) is 21.9 Å². The van der Waals surface area contributed by atoms with Crippen LogP contribution in [0.4, 0.5) is 0 Å². The maximum Gasteiger partial charge on any atom is 0.249 e. The number of aliphatic hydroxyl groups is 5. The molecule has 2 aliphatic carbocycles. The second-order valence-electron chi connectivity index (χ2n) is 13.4. The molecule has 0 bridgehead atoms. The number of nitrogens with two attached hydrogens (primary N) is 3. The topological polar surface area (TPSA) is 242 Å². The van der Waals surface area contributed by atoms with Crippen molar-refractivity contribution in [1.82, 2.24) is 16.0 Å². The van der Waals surface area contributed by atoms with Gasteiger partial charge in [0.1, 0.15) is 11.7 Å². The Bertz CT molecular complexity index is 908. The second-order valence-corrected chi connectivity index (χ2v) is 13.4. The molecule has 0 aromatic rings. The van der Waals surface area contributed by atoms with Crippen LogP contribution in [0.1, 0.15) is 58.8 Å². The van der Waals surface area contributed by atoms with E-state index in [0.29, 0.717) is 32.4 Å². The third-order valence-corrected chi connectivity index (χ3v) is 9.83. The highest BCUT2D eigenvalue weighted by Gasteiger charge is 2.50. The first kappa shape index (κ1) is 36.2. The first-order chi connectivity index (χ1) is 20.3. The summed E-state index contributed by atoms with van der Waals surface area (Å²) in [6, 6.07) is -1.74. The fraction of sp³-hybridized carbons (Fsp3) is 0.900. The predicted molar refractivity (Wildman–Crippen MR) is 164 cm³/mol. The molecule has 1 aliphatic heterocycles. The lowest BCUT2D eigenvalue weighted by atomic mass is 9.66. The molecule has 43 heavy (non-hydrogen) atoms. The van der Waals surface area contributed by atoms with Crippen LogP contribution in [0.15, 0.2) is 11.6 Å². The quantitative estimate of drug-likeness (QED) is 0.0958. The highest BCUT2D eigenvalue weighted by Crippen LogP contribution is 2.40. The third-order valence-electron chi connectivity index (χ3n) is 9.83. The van der Waals surface area contributed by atoms with Crippen LogP contribution in [0.5, 0.6) is 0 Å². The van der Waals surface area contributed by atoms with E-state index in [0.717, 1.165) is 12.8 Å². The van der Waals surface area contributed by atoms with E-state index < -0.39 is 66.1 Å². The summed E-state index contributed by atoms with van der Waals surface area (Å²) in [6.45, 7) is 4.70. The fourth-order valence-electron chi connectivity index (χ4n) is 7.23. The average molecular weight is 615 g/mol. The summed E-state index contributed by atoms with van der Waals surface area (Å²) < 4.78 is 5.92. The molecule has 0 aromatic heterocycles. The van der Waals surface area contributed by atoms with Gasteiger partial charge in [-0.15, -0.1) is 0 Å². The van der Waals surface area contributed by atoms with Gasteiger partial charge in [0, 0.05) is 43.1 Å². The smallest absolute Gasteiger partial charge is 0.249 e. The van der Waals surface area contributed by atoms with Crippen LogP contribution in [-0.2, 0) is 9.53 Å². The molecule has 13 heteroatoms. The molecule has 1 saturated heterocycles. The average Bonchev–Trinajstić information content (AvgIpc) is 3.10. The number of likely N-dealkylation sites (N-methyl/N-ethyl adjacent to an activating group) is 1. The monoisotopic (exact) mass is 614 g/mol.